The van der Waals surface area contributed by atoms with E-state index in [-0.39, 0.29) is 17.2 Å². The minimum Gasteiger partial charge on any atom is -0.338 e. The third-order valence-electron chi connectivity index (χ3n) is 3.78. The van der Waals surface area contributed by atoms with Crippen molar-refractivity contribution in [1.82, 2.24) is 4.90 Å². The highest BCUT2D eigenvalue weighted by Gasteiger charge is 2.29. The number of piperidine rings is 1. The second kappa shape index (κ2) is 6.22. The minimum atomic E-state index is -0.494. The molecule has 0 spiro atoms. The number of nitrogens with zero attached hydrogens (tertiary/aromatic N) is 2. The third kappa shape index (κ3) is 2.93. The lowest BCUT2D eigenvalue weighted by Crippen LogP contribution is -2.39. The molecule has 1 amide bonds. The number of carbonyl (C=O) groups excluding carboxylic acids is 1. The Morgan fingerprint density at radius 1 is 1.45 bits per heavy atom. The molecule has 0 atom stereocenters. The summed E-state index contributed by atoms with van der Waals surface area (Å²) in [5, 5.41) is 11.1. The summed E-state index contributed by atoms with van der Waals surface area (Å²) in [7, 11) is 0. The molecule has 1 aliphatic heterocycles. The van der Waals surface area contributed by atoms with Crippen LogP contribution in [0.15, 0.2) is 18.2 Å². The SMILES string of the molecule is Cc1cccc([N+](=O)[O-])c1C(=O)N1CCC(CCl)CC1. The van der Waals surface area contributed by atoms with Crippen molar-refractivity contribution in [3.8, 4) is 0 Å². The molecule has 0 unspecified atom stereocenters. The van der Waals surface area contributed by atoms with E-state index in [1.807, 2.05) is 0 Å². The number of halogens is 1. The zero-order valence-corrected chi connectivity index (χ0v) is 12.1. The fourth-order valence-corrected chi connectivity index (χ4v) is 2.84. The number of hydrogen-bond acceptors (Lipinski definition) is 3. The van der Waals surface area contributed by atoms with Crippen molar-refractivity contribution in [2.24, 2.45) is 5.92 Å². The molecule has 1 saturated heterocycles. The molecule has 2 rings (SSSR count). The second-order valence-electron chi connectivity index (χ2n) is 5.12. The molecule has 0 N–H and O–H groups in total. The molecular formula is C14H17ClN2O3. The number of nitro benzene ring substituents is 1. The van der Waals surface area contributed by atoms with Gasteiger partial charge in [-0.3, -0.25) is 14.9 Å². The van der Waals surface area contributed by atoms with E-state index in [0.717, 1.165) is 12.8 Å². The first kappa shape index (κ1) is 14.8. The average molecular weight is 297 g/mol. The van der Waals surface area contributed by atoms with Crippen LogP contribution in [-0.4, -0.2) is 34.7 Å². The lowest BCUT2D eigenvalue weighted by molar-refractivity contribution is -0.385. The molecule has 108 valence electrons. The van der Waals surface area contributed by atoms with Gasteiger partial charge in [0, 0.05) is 25.0 Å². The molecule has 0 aliphatic carbocycles. The Bertz CT molecular complexity index is 525. The summed E-state index contributed by atoms with van der Waals surface area (Å²) in [4.78, 5) is 24.8. The molecule has 1 heterocycles. The van der Waals surface area contributed by atoms with Gasteiger partial charge in [-0.05, 0) is 31.2 Å². The number of aryl methyl sites for hydroxylation is 1. The summed E-state index contributed by atoms with van der Waals surface area (Å²) in [6, 6.07) is 4.71. The van der Waals surface area contributed by atoms with Gasteiger partial charge >= 0.3 is 0 Å². The lowest BCUT2D eigenvalue weighted by Gasteiger charge is -2.31. The molecule has 0 radical (unpaired) electrons. The van der Waals surface area contributed by atoms with Gasteiger partial charge in [0.2, 0.25) is 0 Å². The first-order valence-electron chi connectivity index (χ1n) is 6.63. The van der Waals surface area contributed by atoms with E-state index in [0.29, 0.717) is 30.5 Å². The Kier molecular flexibility index (Phi) is 4.60. The molecular weight excluding hydrogens is 280 g/mol. The zero-order valence-electron chi connectivity index (χ0n) is 11.3. The minimum absolute atomic E-state index is 0.116. The quantitative estimate of drug-likeness (QED) is 0.489. The van der Waals surface area contributed by atoms with Crippen molar-refractivity contribution in [2.75, 3.05) is 19.0 Å². The molecule has 20 heavy (non-hydrogen) atoms. The normalized spacial score (nSPS) is 16.2. The van der Waals surface area contributed by atoms with Crippen molar-refractivity contribution in [1.29, 1.82) is 0 Å². The highest BCUT2D eigenvalue weighted by molar-refractivity contribution is 6.18. The van der Waals surface area contributed by atoms with Gasteiger partial charge in [-0.25, -0.2) is 0 Å². The molecule has 5 nitrogen and oxygen atoms in total. The van der Waals surface area contributed by atoms with E-state index in [1.54, 1.807) is 24.0 Å². The van der Waals surface area contributed by atoms with Gasteiger partial charge in [-0.1, -0.05) is 12.1 Å². The van der Waals surface area contributed by atoms with Gasteiger partial charge < -0.3 is 4.90 Å². The predicted molar refractivity (Wildman–Crippen MR) is 77.2 cm³/mol. The number of hydrogen-bond donors (Lipinski definition) is 0. The van der Waals surface area contributed by atoms with Crippen molar-refractivity contribution >= 4 is 23.2 Å². The van der Waals surface area contributed by atoms with Gasteiger partial charge in [0.15, 0.2) is 0 Å². The maximum atomic E-state index is 12.5. The van der Waals surface area contributed by atoms with Gasteiger partial charge in [-0.15, -0.1) is 11.6 Å². The molecule has 1 aliphatic rings. The molecule has 1 aromatic rings. The van der Waals surface area contributed by atoms with Gasteiger partial charge in [0.1, 0.15) is 5.56 Å². The Balaban J connectivity index is 2.24. The summed E-state index contributed by atoms with van der Waals surface area (Å²) < 4.78 is 0. The summed E-state index contributed by atoms with van der Waals surface area (Å²) in [6.45, 7) is 2.95. The van der Waals surface area contributed by atoms with E-state index >= 15 is 0 Å². The predicted octanol–water partition coefficient (Wildman–Crippen LogP) is 2.99. The van der Waals surface area contributed by atoms with Crippen molar-refractivity contribution < 1.29 is 9.72 Å². The Morgan fingerprint density at radius 2 is 2.10 bits per heavy atom. The van der Waals surface area contributed by atoms with Crippen LogP contribution in [0.25, 0.3) is 0 Å². The summed E-state index contributed by atoms with van der Waals surface area (Å²) in [5.41, 5.74) is 0.736. The van der Waals surface area contributed by atoms with Gasteiger partial charge in [0.05, 0.1) is 4.92 Å². The molecule has 1 fully saturated rings. The summed E-state index contributed by atoms with van der Waals surface area (Å²) in [6.07, 6.45) is 1.71. The number of alkyl halides is 1. The smallest absolute Gasteiger partial charge is 0.282 e. The zero-order chi connectivity index (χ0) is 14.7. The number of amides is 1. The largest absolute Gasteiger partial charge is 0.338 e. The Labute approximate surface area is 122 Å². The first-order valence-corrected chi connectivity index (χ1v) is 7.17. The van der Waals surface area contributed by atoms with Crippen molar-refractivity contribution in [3.05, 3.63) is 39.4 Å². The topological polar surface area (TPSA) is 63.5 Å². The number of carbonyl (C=O) groups is 1. The molecule has 6 heteroatoms. The van der Waals surface area contributed by atoms with Gasteiger partial charge in [0.25, 0.3) is 11.6 Å². The van der Waals surface area contributed by atoms with Gasteiger partial charge in [-0.2, -0.15) is 0 Å². The molecule has 1 aromatic carbocycles. The van der Waals surface area contributed by atoms with E-state index in [2.05, 4.69) is 0 Å². The second-order valence-corrected chi connectivity index (χ2v) is 5.42. The van der Waals surface area contributed by atoms with Crippen LogP contribution in [0.1, 0.15) is 28.8 Å². The Hall–Kier alpha value is -1.62. The number of nitro groups is 1. The van der Waals surface area contributed by atoms with Crippen LogP contribution in [0.5, 0.6) is 0 Å². The first-order chi connectivity index (χ1) is 9.54. The number of rotatable bonds is 3. The molecule has 0 saturated carbocycles. The van der Waals surface area contributed by atoms with E-state index in [1.165, 1.54) is 6.07 Å². The van der Waals surface area contributed by atoms with Crippen molar-refractivity contribution in [2.45, 2.75) is 19.8 Å². The lowest BCUT2D eigenvalue weighted by atomic mass is 9.97. The van der Waals surface area contributed by atoms with E-state index < -0.39 is 4.92 Å². The maximum absolute atomic E-state index is 12.5. The van der Waals surface area contributed by atoms with E-state index in [9.17, 15) is 14.9 Å². The third-order valence-corrected chi connectivity index (χ3v) is 4.22. The number of likely N-dealkylation sites (tertiary alicyclic amines) is 1. The van der Waals surface area contributed by atoms with Crippen LogP contribution < -0.4 is 0 Å². The summed E-state index contributed by atoms with van der Waals surface area (Å²) >= 11 is 5.82. The molecule has 0 aromatic heterocycles. The monoisotopic (exact) mass is 296 g/mol. The van der Waals surface area contributed by atoms with E-state index in [4.69, 9.17) is 11.6 Å². The van der Waals surface area contributed by atoms with Crippen molar-refractivity contribution in [3.63, 3.8) is 0 Å². The highest BCUT2D eigenvalue weighted by Crippen LogP contribution is 2.26. The summed E-state index contributed by atoms with van der Waals surface area (Å²) in [5.74, 6) is 0.794. The van der Waals surface area contributed by atoms with Crippen LogP contribution in [-0.2, 0) is 0 Å². The van der Waals surface area contributed by atoms with Crippen LogP contribution in [0.3, 0.4) is 0 Å². The fraction of sp³-hybridized carbons (Fsp3) is 0.500. The average Bonchev–Trinajstić information content (AvgIpc) is 2.46. The standard InChI is InChI=1S/C14H17ClN2O3/c1-10-3-2-4-12(17(19)20)13(10)14(18)16-7-5-11(9-15)6-8-16/h2-4,11H,5-9H2,1H3. The molecule has 0 bridgehead atoms. The van der Waals surface area contributed by atoms with Crippen LogP contribution >= 0.6 is 11.6 Å². The number of benzene rings is 1. The fourth-order valence-electron chi connectivity index (χ4n) is 2.53. The van der Waals surface area contributed by atoms with Crippen LogP contribution in [0.2, 0.25) is 0 Å². The maximum Gasteiger partial charge on any atom is 0.282 e. The van der Waals surface area contributed by atoms with Crippen LogP contribution in [0, 0.1) is 23.0 Å². The Morgan fingerprint density at radius 3 is 2.65 bits per heavy atom. The van der Waals surface area contributed by atoms with Crippen LogP contribution in [0.4, 0.5) is 5.69 Å². The highest BCUT2D eigenvalue weighted by atomic mass is 35.5.